The van der Waals surface area contributed by atoms with Crippen LogP contribution in [0.15, 0.2) is 6.20 Å². The smallest absolute Gasteiger partial charge is 0.0965 e. The molecule has 1 aliphatic carbocycles. The van der Waals surface area contributed by atoms with E-state index in [-0.39, 0.29) is 5.54 Å². The number of hydrogen-bond acceptors (Lipinski definition) is 3. The Morgan fingerprint density at radius 3 is 2.24 bits per heavy atom. The normalized spacial score (nSPS) is 22.4. The van der Waals surface area contributed by atoms with Crippen molar-refractivity contribution in [1.29, 1.82) is 0 Å². The topological polar surface area (TPSA) is 42.7 Å². The molecule has 0 aliphatic heterocycles. The van der Waals surface area contributed by atoms with E-state index in [1.165, 1.54) is 19.3 Å². The van der Waals surface area contributed by atoms with Crippen molar-refractivity contribution in [2.75, 3.05) is 0 Å². The molecule has 1 aromatic rings. The Kier molecular flexibility index (Phi) is 4.22. The van der Waals surface area contributed by atoms with Crippen LogP contribution in [0.2, 0.25) is 0 Å². The molecular weight excluding hydrogens is 260 g/mol. The largest absolute Gasteiger partial charge is 0.308 e. The Hall–Kier alpha value is -0.900. The average Bonchev–Trinajstić information content (AvgIpc) is 2.69. The molecule has 1 fully saturated rings. The Bertz CT molecular complexity index is 463. The molecule has 4 heteroatoms. The van der Waals surface area contributed by atoms with Crippen molar-refractivity contribution in [1.82, 2.24) is 20.3 Å². The maximum atomic E-state index is 4.29. The predicted octanol–water partition coefficient (Wildman–Crippen LogP) is 3.73. The molecule has 0 atom stereocenters. The maximum Gasteiger partial charge on any atom is 0.0965 e. The zero-order valence-electron chi connectivity index (χ0n) is 14.8. The Balaban J connectivity index is 1.95. The van der Waals surface area contributed by atoms with E-state index in [1.54, 1.807) is 0 Å². The number of aromatic nitrogens is 3. The molecule has 4 nitrogen and oxygen atoms in total. The second-order valence-electron chi connectivity index (χ2n) is 9.32. The van der Waals surface area contributed by atoms with Crippen LogP contribution >= 0.6 is 0 Å². The Morgan fingerprint density at radius 1 is 1.19 bits per heavy atom. The molecule has 0 amide bonds. The van der Waals surface area contributed by atoms with E-state index in [4.69, 9.17) is 0 Å². The number of hydrogen-bond donors (Lipinski definition) is 1. The average molecular weight is 292 g/mol. The van der Waals surface area contributed by atoms with E-state index in [0.717, 1.165) is 12.2 Å². The van der Waals surface area contributed by atoms with Crippen molar-refractivity contribution < 1.29 is 0 Å². The van der Waals surface area contributed by atoms with Crippen molar-refractivity contribution in [2.24, 2.45) is 10.8 Å². The Labute approximate surface area is 129 Å². The summed E-state index contributed by atoms with van der Waals surface area (Å²) in [4.78, 5) is 0. The number of rotatable bonds is 3. The van der Waals surface area contributed by atoms with Gasteiger partial charge in [0.05, 0.1) is 17.4 Å². The predicted molar refractivity (Wildman–Crippen MR) is 87.1 cm³/mol. The van der Waals surface area contributed by atoms with Crippen LogP contribution in [0.4, 0.5) is 0 Å². The van der Waals surface area contributed by atoms with Crippen LogP contribution < -0.4 is 5.32 Å². The molecule has 2 rings (SSSR count). The van der Waals surface area contributed by atoms with Gasteiger partial charge in [0.25, 0.3) is 0 Å². The first kappa shape index (κ1) is 16.5. The highest BCUT2D eigenvalue weighted by Gasteiger charge is 2.38. The molecule has 1 N–H and O–H groups in total. The lowest BCUT2D eigenvalue weighted by Gasteiger charge is -2.45. The number of nitrogens with zero attached hydrogens (tertiary/aromatic N) is 3. The molecule has 0 spiro atoms. The summed E-state index contributed by atoms with van der Waals surface area (Å²) in [5.74, 6) is 0. The summed E-state index contributed by atoms with van der Waals surface area (Å²) in [6.07, 6.45) is 5.85. The van der Waals surface area contributed by atoms with Crippen LogP contribution in [0.25, 0.3) is 0 Å². The van der Waals surface area contributed by atoms with E-state index in [2.05, 4.69) is 70.3 Å². The third-order valence-electron chi connectivity index (χ3n) is 4.36. The third kappa shape index (κ3) is 4.53. The zero-order valence-corrected chi connectivity index (χ0v) is 14.8. The van der Waals surface area contributed by atoms with Crippen molar-refractivity contribution >= 4 is 0 Å². The number of nitrogens with one attached hydrogen (secondary N) is 1. The molecular formula is C17H32N4. The van der Waals surface area contributed by atoms with E-state index >= 15 is 0 Å². The molecule has 1 heterocycles. The molecule has 0 radical (unpaired) electrons. The van der Waals surface area contributed by atoms with Gasteiger partial charge in [0, 0.05) is 12.6 Å². The van der Waals surface area contributed by atoms with Gasteiger partial charge in [-0.15, -0.1) is 5.10 Å². The maximum absolute atomic E-state index is 4.29. The van der Waals surface area contributed by atoms with Gasteiger partial charge in [0.15, 0.2) is 0 Å². The lowest BCUT2D eigenvalue weighted by molar-refractivity contribution is 0.0843. The Morgan fingerprint density at radius 2 is 1.76 bits per heavy atom. The molecule has 1 aliphatic rings. The van der Waals surface area contributed by atoms with Gasteiger partial charge in [0.1, 0.15) is 0 Å². The van der Waals surface area contributed by atoms with Crippen LogP contribution in [-0.4, -0.2) is 21.0 Å². The van der Waals surface area contributed by atoms with Crippen molar-refractivity contribution in [3.8, 4) is 0 Å². The molecule has 0 aromatic carbocycles. The first-order valence-electron chi connectivity index (χ1n) is 8.12. The minimum absolute atomic E-state index is 0.0000702. The fourth-order valence-corrected chi connectivity index (χ4v) is 3.95. The first-order chi connectivity index (χ1) is 9.47. The minimum Gasteiger partial charge on any atom is -0.308 e. The summed E-state index contributed by atoms with van der Waals surface area (Å²) in [6, 6.07) is 0.573. The zero-order chi connectivity index (χ0) is 15.9. The van der Waals surface area contributed by atoms with Gasteiger partial charge in [-0.3, -0.25) is 0 Å². The summed E-state index contributed by atoms with van der Waals surface area (Å²) < 4.78 is 1.94. The van der Waals surface area contributed by atoms with Crippen molar-refractivity contribution in [3.63, 3.8) is 0 Å². The van der Waals surface area contributed by atoms with Gasteiger partial charge >= 0.3 is 0 Å². The molecule has 21 heavy (non-hydrogen) atoms. The van der Waals surface area contributed by atoms with Gasteiger partial charge in [-0.2, -0.15) is 0 Å². The standard InChI is InChI=1S/C17H32N4/c1-15(2,3)21-11-14(19-20-21)10-18-13-8-16(4,5)12-17(6,7)9-13/h11,13,18H,8-10,12H2,1-7H3. The van der Waals surface area contributed by atoms with Gasteiger partial charge in [-0.1, -0.05) is 32.9 Å². The summed E-state index contributed by atoms with van der Waals surface area (Å²) in [6.45, 7) is 16.8. The van der Waals surface area contributed by atoms with Crippen molar-refractivity contribution in [2.45, 2.75) is 85.9 Å². The van der Waals surface area contributed by atoms with Gasteiger partial charge < -0.3 is 5.32 Å². The summed E-state index contributed by atoms with van der Waals surface area (Å²) >= 11 is 0. The summed E-state index contributed by atoms with van der Waals surface area (Å²) in [7, 11) is 0. The minimum atomic E-state index is 0.0000702. The summed E-state index contributed by atoms with van der Waals surface area (Å²) in [5.41, 5.74) is 1.87. The van der Waals surface area contributed by atoms with Crippen LogP contribution in [0.5, 0.6) is 0 Å². The summed E-state index contributed by atoms with van der Waals surface area (Å²) in [5, 5.41) is 12.2. The lowest BCUT2D eigenvalue weighted by atomic mass is 9.63. The van der Waals surface area contributed by atoms with E-state index in [0.29, 0.717) is 16.9 Å². The molecule has 1 aromatic heterocycles. The van der Waals surface area contributed by atoms with Gasteiger partial charge in [-0.05, 0) is 50.9 Å². The molecule has 120 valence electrons. The quantitative estimate of drug-likeness (QED) is 0.923. The highest BCUT2D eigenvalue weighted by atomic mass is 15.4. The fourth-order valence-electron chi connectivity index (χ4n) is 3.95. The van der Waals surface area contributed by atoms with E-state index in [9.17, 15) is 0 Å². The fraction of sp³-hybridized carbons (Fsp3) is 0.882. The monoisotopic (exact) mass is 292 g/mol. The molecule has 0 bridgehead atoms. The first-order valence-corrected chi connectivity index (χ1v) is 8.12. The molecule has 1 saturated carbocycles. The van der Waals surface area contributed by atoms with Crippen LogP contribution in [0, 0.1) is 10.8 Å². The second-order valence-corrected chi connectivity index (χ2v) is 9.32. The van der Waals surface area contributed by atoms with E-state index < -0.39 is 0 Å². The lowest BCUT2D eigenvalue weighted by Crippen LogP contribution is -2.43. The highest BCUT2D eigenvalue weighted by molar-refractivity contribution is 4.97. The molecule has 0 unspecified atom stereocenters. The van der Waals surface area contributed by atoms with Gasteiger partial charge in [-0.25, -0.2) is 4.68 Å². The molecule has 0 saturated heterocycles. The SMILES string of the molecule is CC1(C)CC(NCc2cn(C(C)(C)C)nn2)CC(C)(C)C1. The van der Waals surface area contributed by atoms with Crippen molar-refractivity contribution in [3.05, 3.63) is 11.9 Å². The highest BCUT2D eigenvalue weighted by Crippen LogP contribution is 2.45. The van der Waals surface area contributed by atoms with Crippen LogP contribution in [-0.2, 0) is 12.1 Å². The van der Waals surface area contributed by atoms with Crippen LogP contribution in [0.1, 0.15) is 73.4 Å². The second kappa shape index (κ2) is 5.38. The van der Waals surface area contributed by atoms with Gasteiger partial charge in [0.2, 0.25) is 0 Å². The van der Waals surface area contributed by atoms with E-state index in [1.807, 2.05) is 4.68 Å². The van der Waals surface area contributed by atoms with Crippen LogP contribution in [0.3, 0.4) is 0 Å². The third-order valence-corrected chi connectivity index (χ3v) is 4.36.